The van der Waals surface area contributed by atoms with Crippen molar-refractivity contribution in [3.8, 4) is 0 Å². The average molecular weight is 277 g/mol. The van der Waals surface area contributed by atoms with Crippen LogP contribution in [0.5, 0.6) is 0 Å². The van der Waals surface area contributed by atoms with E-state index in [1.54, 1.807) is 0 Å². The number of nitrogens with one attached hydrogen (secondary N) is 1. The molecule has 2 N–H and O–H groups in total. The molecule has 20 heavy (non-hydrogen) atoms. The zero-order chi connectivity index (χ0) is 15.1. The molecule has 0 saturated heterocycles. The maximum Gasteiger partial charge on any atom is 0.0945 e. The van der Waals surface area contributed by atoms with Gasteiger partial charge in [0.1, 0.15) is 0 Å². The predicted octanol–water partition coefficient (Wildman–Crippen LogP) is 4.14. The lowest BCUT2D eigenvalue weighted by molar-refractivity contribution is 0.105. The molecule has 0 aliphatic heterocycles. The summed E-state index contributed by atoms with van der Waals surface area (Å²) < 4.78 is 0. The summed E-state index contributed by atoms with van der Waals surface area (Å²) in [5, 5.41) is 14.2. The Balaban J connectivity index is 2.72. The van der Waals surface area contributed by atoms with Gasteiger partial charge in [0.15, 0.2) is 0 Å². The first-order valence-corrected chi connectivity index (χ1v) is 7.96. The number of rotatable bonds is 8. The van der Waals surface area contributed by atoms with E-state index < -0.39 is 6.10 Å². The van der Waals surface area contributed by atoms with E-state index in [-0.39, 0.29) is 6.04 Å². The summed E-state index contributed by atoms with van der Waals surface area (Å²) in [7, 11) is 0. The van der Waals surface area contributed by atoms with E-state index in [1.165, 1.54) is 30.4 Å². The van der Waals surface area contributed by atoms with Gasteiger partial charge in [0.05, 0.1) is 6.10 Å². The fraction of sp³-hybridized carbons (Fsp3) is 0.667. The molecule has 2 nitrogen and oxygen atoms in total. The van der Waals surface area contributed by atoms with E-state index in [1.807, 2.05) is 0 Å². The maximum absolute atomic E-state index is 10.7. The number of aliphatic hydroxyl groups is 1. The Morgan fingerprint density at radius 3 is 2.35 bits per heavy atom. The van der Waals surface area contributed by atoms with Crippen molar-refractivity contribution in [2.24, 2.45) is 5.92 Å². The molecular formula is C18H31NO. The smallest absolute Gasteiger partial charge is 0.0945 e. The lowest BCUT2D eigenvalue weighted by Crippen LogP contribution is -2.39. The highest BCUT2D eigenvalue weighted by atomic mass is 16.3. The Morgan fingerprint density at radius 1 is 1.10 bits per heavy atom. The van der Waals surface area contributed by atoms with Gasteiger partial charge in [-0.1, -0.05) is 51.8 Å². The van der Waals surface area contributed by atoms with E-state index in [4.69, 9.17) is 0 Å². The van der Waals surface area contributed by atoms with Crippen molar-refractivity contribution in [1.29, 1.82) is 0 Å². The van der Waals surface area contributed by atoms with E-state index in [9.17, 15) is 5.11 Å². The first kappa shape index (κ1) is 17.2. The number of hydrogen-bond donors (Lipinski definition) is 2. The Bertz CT molecular complexity index is 400. The van der Waals surface area contributed by atoms with Gasteiger partial charge < -0.3 is 10.4 Å². The molecule has 1 aromatic rings. The molecule has 0 aliphatic carbocycles. The van der Waals surface area contributed by atoms with Gasteiger partial charge in [-0.25, -0.2) is 0 Å². The Kier molecular flexibility index (Phi) is 7.25. The zero-order valence-electron chi connectivity index (χ0n) is 13.7. The lowest BCUT2D eigenvalue weighted by Gasteiger charge is -2.28. The second-order valence-electron chi connectivity index (χ2n) is 6.22. The fourth-order valence-corrected chi connectivity index (χ4v) is 2.51. The normalized spacial score (nSPS) is 14.6. The topological polar surface area (TPSA) is 32.3 Å². The molecule has 114 valence electrons. The van der Waals surface area contributed by atoms with E-state index in [0.29, 0.717) is 5.92 Å². The molecule has 0 saturated carbocycles. The highest BCUT2D eigenvalue weighted by Crippen LogP contribution is 2.24. The summed E-state index contributed by atoms with van der Waals surface area (Å²) in [5.41, 5.74) is 3.54. The van der Waals surface area contributed by atoms with Gasteiger partial charge in [-0.3, -0.25) is 0 Å². The molecular weight excluding hydrogens is 246 g/mol. The van der Waals surface area contributed by atoms with Crippen LogP contribution in [-0.4, -0.2) is 17.7 Å². The lowest BCUT2D eigenvalue weighted by atomic mass is 9.91. The van der Waals surface area contributed by atoms with E-state index in [2.05, 4.69) is 58.1 Å². The summed E-state index contributed by atoms with van der Waals surface area (Å²) in [5.74, 6) is 0.410. The van der Waals surface area contributed by atoms with Crippen LogP contribution in [0.15, 0.2) is 18.2 Å². The number of aryl methyl sites for hydroxylation is 2. The van der Waals surface area contributed by atoms with Crippen molar-refractivity contribution < 1.29 is 5.11 Å². The fourth-order valence-electron chi connectivity index (χ4n) is 2.51. The van der Waals surface area contributed by atoms with Crippen LogP contribution in [0.4, 0.5) is 0 Å². The third-order valence-electron chi connectivity index (χ3n) is 4.09. The minimum Gasteiger partial charge on any atom is -0.387 e. The maximum atomic E-state index is 10.7. The average Bonchev–Trinajstić information content (AvgIpc) is 2.41. The molecule has 0 heterocycles. The van der Waals surface area contributed by atoms with Crippen molar-refractivity contribution in [2.75, 3.05) is 6.54 Å². The van der Waals surface area contributed by atoms with Gasteiger partial charge in [-0.15, -0.1) is 0 Å². The monoisotopic (exact) mass is 277 g/mol. The highest BCUT2D eigenvalue weighted by molar-refractivity contribution is 5.31. The Morgan fingerprint density at radius 2 is 1.80 bits per heavy atom. The number of unbranched alkanes of at least 4 members (excludes halogenated alkanes) is 2. The molecule has 0 aliphatic rings. The first-order valence-electron chi connectivity index (χ1n) is 7.96. The summed E-state index contributed by atoms with van der Waals surface area (Å²) in [4.78, 5) is 0. The number of hydrogen-bond acceptors (Lipinski definition) is 2. The predicted molar refractivity (Wildman–Crippen MR) is 87.0 cm³/mol. The second kappa shape index (κ2) is 8.43. The van der Waals surface area contributed by atoms with Crippen molar-refractivity contribution in [1.82, 2.24) is 5.32 Å². The van der Waals surface area contributed by atoms with Crippen LogP contribution in [0, 0.1) is 19.8 Å². The molecule has 0 amide bonds. The molecule has 0 bridgehead atoms. The van der Waals surface area contributed by atoms with E-state index in [0.717, 1.165) is 12.1 Å². The summed E-state index contributed by atoms with van der Waals surface area (Å²) in [6.07, 6.45) is 3.22. The molecule has 1 rings (SSSR count). The van der Waals surface area contributed by atoms with Gasteiger partial charge in [0.2, 0.25) is 0 Å². The van der Waals surface area contributed by atoms with Gasteiger partial charge in [0.25, 0.3) is 0 Å². The van der Waals surface area contributed by atoms with Gasteiger partial charge in [-0.2, -0.15) is 0 Å². The SMILES string of the molecule is CCCCCNC(C(C)C)C(O)c1ccc(C)c(C)c1. The van der Waals surface area contributed by atoms with Crippen LogP contribution in [0.3, 0.4) is 0 Å². The molecule has 0 spiro atoms. The molecule has 0 radical (unpaired) electrons. The molecule has 1 aromatic carbocycles. The van der Waals surface area contributed by atoms with Crippen molar-refractivity contribution in [2.45, 2.75) is 66.0 Å². The van der Waals surface area contributed by atoms with Crippen LogP contribution in [0.1, 0.15) is 62.8 Å². The van der Waals surface area contributed by atoms with Crippen LogP contribution in [0.25, 0.3) is 0 Å². The third-order valence-corrected chi connectivity index (χ3v) is 4.09. The van der Waals surface area contributed by atoms with Crippen molar-refractivity contribution >= 4 is 0 Å². The minimum atomic E-state index is -0.434. The highest BCUT2D eigenvalue weighted by Gasteiger charge is 2.23. The molecule has 2 atom stereocenters. The summed E-state index contributed by atoms with van der Waals surface area (Å²) in [6.45, 7) is 11.7. The minimum absolute atomic E-state index is 0.119. The summed E-state index contributed by atoms with van der Waals surface area (Å²) in [6, 6.07) is 6.38. The van der Waals surface area contributed by atoms with Crippen LogP contribution < -0.4 is 5.32 Å². The Hall–Kier alpha value is -0.860. The molecule has 0 fully saturated rings. The largest absolute Gasteiger partial charge is 0.387 e. The molecule has 0 aromatic heterocycles. The molecule has 2 unspecified atom stereocenters. The number of aliphatic hydroxyl groups excluding tert-OH is 1. The number of benzene rings is 1. The summed E-state index contributed by atoms with van der Waals surface area (Å²) >= 11 is 0. The van der Waals surface area contributed by atoms with Gasteiger partial charge in [0, 0.05) is 6.04 Å². The quantitative estimate of drug-likeness (QED) is 0.700. The van der Waals surface area contributed by atoms with Crippen LogP contribution in [0.2, 0.25) is 0 Å². The van der Waals surface area contributed by atoms with Gasteiger partial charge >= 0.3 is 0 Å². The van der Waals surface area contributed by atoms with Crippen LogP contribution >= 0.6 is 0 Å². The van der Waals surface area contributed by atoms with E-state index >= 15 is 0 Å². The van der Waals surface area contributed by atoms with Crippen LogP contribution in [-0.2, 0) is 0 Å². The van der Waals surface area contributed by atoms with Crippen molar-refractivity contribution in [3.63, 3.8) is 0 Å². The second-order valence-corrected chi connectivity index (χ2v) is 6.22. The first-order chi connectivity index (χ1) is 9.47. The Labute approximate surface area is 124 Å². The van der Waals surface area contributed by atoms with Gasteiger partial charge in [-0.05, 0) is 49.4 Å². The van der Waals surface area contributed by atoms with Crippen molar-refractivity contribution in [3.05, 3.63) is 34.9 Å². The zero-order valence-corrected chi connectivity index (χ0v) is 13.7. The molecule has 2 heteroatoms. The third kappa shape index (κ3) is 4.92. The standard InChI is InChI=1S/C18H31NO/c1-6-7-8-11-19-17(13(2)3)18(20)16-10-9-14(4)15(5)12-16/h9-10,12-13,17-20H,6-8,11H2,1-5H3.